The largest absolute Gasteiger partial charge is 0.493 e. The zero-order valence-electron chi connectivity index (χ0n) is 21.9. The van der Waals surface area contributed by atoms with E-state index < -0.39 is 0 Å². The van der Waals surface area contributed by atoms with Crippen LogP contribution in [0.4, 0.5) is 17.3 Å². The zero-order chi connectivity index (χ0) is 26.4. The van der Waals surface area contributed by atoms with Crippen LogP contribution in [0.15, 0.2) is 48.5 Å². The van der Waals surface area contributed by atoms with Crippen molar-refractivity contribution in [3.8, 4) is 17.2 Å². The molecule has 1 N–H and O–H groups in total. The van der Waals surface area contributed by atoms with Gasteiger partial charge in [0.1, 0.15) is 17.5 Å². The van der Waals surface area contributed by atoms with Gasteiger partial charge in [0.2, 0.25) is 11.7 Å². The summed E-state index contributed by atoms with van der Waals surface area (Å²) in [6.45, 7) is 6.51. The molecule has 1 saturated heterocycles. The van der Waals surface area contributed by atoms with Crippen molar-refractivity contribution in [1.29, 1.82) is 0 Å². The highest BCUT2D eigenvalue weighted by molar-refractivity contribution is 5.92. The van der Waals surface area contributed by atoms with E-state index in [0.717, 1.165) is 22.9 Å². The number of hydrogen-bond donors (Lipinski definition) is 1. The average molecular weight is 504 g/mol. The van der Waals surface area contributed by atoms with Crippen molar-refractivity contribution in [3.05, 3.63) is 65.5 Å². The fraction of sp³-hybridized carbons (Fsp3) is 0.321. The normalized spacial score (nSPS) is 13.5. The Morgan fingerprint density at radius 3 is 2.14 bits per heavy atom. The Hall–Kier alpha value is -4.27. The predicted molar refractivity (Wildman–Crippen MR) is 145 cm³/mol. The lowest BCUT2D eigenvalue weighted by molar-refractivity contribution is -0.126. The van der Waals surface area contributed by atoms with Gasteiger partial charge >= 0.3 is 0 Å². The van der Waals surface area contributed by atoms with Gasteiger partial charge in [-0.2, -0.15) is 0 Å². The maximum absolute atomic E-state index is 12.9. The molecule has 3 aromatic rings. The predicted octanol–water partition coefficient (Wildman–Crippen LogP) is 4.22. The number of anilines is 3. The van der Waals surface area contributed by atoms with E-state index in [1.54, 1.807) is 33.5 Å². The number of carbonyl (C=O) groups is 1. The Balaban J connectivity index is 1.39. The number of benzene rings is 2. The SMILES string of the molecule is COc1cc(/C=C/C(=O)N2CCN(c3cc(Nc4ccc(C)cc4)nc(C)n3)CC2)cc(OC)c1OC. The van der Waals surface area contributed by atoms with Crippen LogP contribution in [0.25, 0.3) is 6.08 Å². The van der Waals surface area contributed by atoms with Crippen LogP contribution in [0.2, 0.25) is 0 Å². The zero-order valence-corrected chi connectivity index (χ0v) is 21.9. The maximum atomic E-state index is 12.9. The number of methoxy groups -OCH3 is 3. The van der Waals surface area contributed by atoms with E-state index in [-0.39, 0.29) is 5.91 Å². The number of rotatable bonds is 8. The van der Waals surface area contributed by atoms with E-state index in [2.05, 4.69) is 39.2 Å². The van der Waals surface area contributed by atoms with Crippen LogP contribution in [0.1, 0.15) is 17.0 Å². The molecule has 1 aliphatic heterocycles. The molecule has 2 aromatic carbocycles. The molecular formula is C28H33N5O4. The molecule has 9 nitrogen and oxygen atoms in total. The number of nitrogens with zero attached hydrogens (tertiary/aromatic N) is 4. The monoisotopic (exact) mass is 503 g/mol. The second kappa shape index (κ2) is 11.6. The number of piperazine rings is 1. The van der Waals surface area contributed by atoms with E-state index in [1.807, 2.05) is 42.2 Å². The topological polar surface area (TPSA) is 89.1 Å². The van der Waals surface area contributed by atoms with Gasteiger partial charge in [-0.1, -0.05) is 17.7 Å². The minimum absolute atomic E-state index is 0.0472. The average Bonchev–Trinajstić information content (AvgIpc) is 2.92. The summed E-state index contributed by atoms with van der Waals surface area (Å²) in [7, 11) is 4.69. The molecule has 1 aliphatic rings. The first-order valence-electron chi connectivity index (χ1n) is 12.1. The lowest BCUT2D eigenvalue weighted by atomic mass is 10.1. The molecule has 2 heterocycles. The van der Waals surface area contributed by atoms with E-state index >= 15 is 0 Å². The molecule has 194 valence electrons. The Bertz CT molecular complexity index is 1240. The third kappa shape index (κ3) is 6.30. The summed E-state index contributed by atoms with van der Waals surface area (Å²) in [5.74, 6) is 3.84. The molecule has 0 aliphatic carbocycles. The molecule has 0 atom stereocenters. The minimum atomic E-state index is -0.0472. The Morgan fingerprint density at radius 1 is 0.892 bits per heavy atom. The fourth-order valence-electron chi connectivity index (χ4n) is 4.19. The van der Waals surface area contributed by atoms with Crippen molar-refractivity contribution in [1.82, 2.24) is 14.9 Å². The smallest absolute Gasteiger partial charge is 0.246 e. The van der Waals surface area contributed by atoms with Gasteiger partial charge in [0.05, 0.1) is 21.3 Å². The number of carbonyl (C=O) groups excluding carboxylic acids is 1. The highest BCUT2D eigenvalue weighted by Crippen LogP contribution is 2.38. The number of amides is 1. The van der Waals surface area contributed by atoms with Crippen LogP contribution in [-0.4, -0.2) is 68.3 Å². The maximum Gasteiger partial charge on any atom is 0.246 e. The summed E-state index contributed by atoms with van der Waals surface area (Å²) in [6.07, 6.45) is 3.34. The summed E-state index contributed by atoms with van der Waals surface area (Å²) < 4.78 is 16.2. The molecule has 1 amide bonds. The van der Waals surface area contributed by atoms with Crippen molar-refractivity contribution < 1.29 is 19.0 Å². The standard InChI is InChI=1S/C28H33N5O4/c1-19-6-9-22(10-7-19)31-25-18-26(30-20(2)29-25)32-12-14-33(15-13-32)27(34)11-8-21-16-23(35-3)28(37-5)24(17-21)36-4/h6-11,16-18H,12-15H2,1-5H3,(H,29,30,31)/b11-8+. The third-order valence-corrected chi connectivity index (χ3v) is 6.17. The first-order valence-corrected chi connectivity index (χ1v) is 12.1. The van der Waals surface area contributed by atoms with Crippen LogP contribution in [0.5, 0.6) is 17.2 Å². The highest BCUT2D eigenvalue weighted by Gasteiger charge is 2.21. The molecule has 1 aromatic heterocycles. The Kier molecular flexibility index (Phi) is 8.12. The van der Waals surface area contributed by atoms with E-state index in [0.29, 0.717) is 49.3 Å². The van der Waals surface area contributed by atoms with E-state index in [1.165, 1.54) is 5.56 Å². The van der Waals surface area contributed by atoms with Gasteiger partial charge in [-0.3, -0.25) is 4.79 Å². The summed E-state index contributed by atoms with van der Waals surface area (Å²) >= 11 is 0. The van der Waals surface area contributed by atoms with E-state index in [4.69, 9.17) is 14.2 Å². The van der Waals surface area contributed by atoms with Gasteiger partial charge in [-0.05, 0) is 49.8 Å². The second-order valence-electron chi connectivity index (χ2n) is 8.75. The quantitative estimate of drug-likeness (QED) is 0.457. The molecule has 4 rings (SSSR count). The molecule has 9 heteroatoms. The van der Waals surface area contributed by atoms with Crippen LogP contribution >= 0.6 is 0 Å². The molecule has 0 spiro atoms. The summed E-state index contributed by atoms with van der Waals surface area (Å²) in [6, 6.07) is 13.7. The van der Waals surface area contributed by atoms with Gasteiger partial charge in [0.15, 0.2) is 11.5 Å². The number of aryl methyl sites for hydroxylation is 2. The molecule has 37 heavy (non-hydrogen) atoms. The van der Waals surface area contributed by atoms with Crippen molar-refractivity contribution >= 4 is 29.3 Å². The van der Waals surface area contributed by atoms with Crippen LogP contribution in [0, 0.1) is 13.8 Å². The molecule has 0 bridgehead atoms. The summed E-state index contributed by atoms with van der Waals surface area (Å²) in [5.41, 5.74) is 2.96. The Labute approximate surface area is 217 Å². The Morgan fingerprint density at radius 2 is 1.54 bits per heavy atom. The van der Waals surface area contributed by atoms with E-state index in [9.17, 15) is 4.79 Å². The lowest BCUT2D eigenvalue weighted by Crippen LogP contribution is -2.48. The lowest BCUT2D eigenvalue weighted by Gasteiger charge is -2.35. The van der Waals surface area contributed by atoms with Crippen LogP contribution in [-0.2, 0) is 4.79 Å². The molecular weight excluding hydrogens is 470 g/mol. The van der Waals surface area contributed by atoms with Crippen molar-refractivity contribution in [2.75, 3.05) is 57.7 Å². The van der Waals surface area contributed by atoms with Crippen molar-refractivity contribution in [2.24, 2.45) is 0 Å². The number of hydrogen-bond acceptors (Lipinski definition) is 8. The minimum Gasteiger partial charge on any atom is -0.493 e. The van der Waals surface area contributed by atoms with Gasteiger partial charge in [0, 0.05) is 44.0 Å². The summed E-state index contributed by atoms with van der Waals surface area (Å²) in [4.78, 5) is 26.1. The van der Waals surface area contributed by atoms with Gasteiger partial charge in [-0.25, -0.2) is 9.97 Å². The van der Waals surface area contributed by atoms with Crippen molar-refractivity contribution in [3.63, 3.8) is 0 Å². The highest BCUT2D eigenvalue weighted by atomic mass is 16.5. The molecule has 1 fully saturated rings. The van der Waals surface area contributed by atoms with Gasteiger partial charge in [-0.15, -0.1) is 0 Å². The molecule has 0 radical (unpaired) electrons. The van der Waals surface area contributed by atoms with Gasteiger partial charge in [0.25, 0.3) is 0 Å². The van der Waals surface area contributed by atoms with Crippen LogP contribution in [0.3, 0.4) is 0 Å². The number of aromatic nitrogens is 2. The van der Waals surface area contributed by atoms with Gasteiger partial charge < -0.3 is 29.3 Å². The number of nitrogens with one attached hydrogen (secondary N) is 1. The summed E-state index contributed by atoms with van der Waals surface area (Å²) in [5, 5.41) is 3.36. The first-order chi connectivity index (χ1) is 17.9. The van der Waals surface area contributed by atoms with Crippen LogP contribution < -0.4 is 24.4 Å². The third-order valence-electron chi connectivity index (χ3n) is 6.17. The molecule has 0 saturated carbocycles. The fourth-order valence-corrected chi connectivity index (χ4v) is 4.19. The number of ether oxygens (including phenoxy) is 3. The molecule has 0 unspecified atom stereocenters. The second-order valence-corrected chi connectivity index (χ2v) is 8.75. The first kappa shape index (κ1) is 25.8. The van der Waals surface area contributed by atoms with Crippen molar-refractivity contribution in [2.45, 2.75) is 13.8 Å².